The summed E-state index contributed by atoms with van der Waals surface area (Å²) in [5.41, 5.74) is -3.94. The summed E-state index contributed by atoms with van der Waals surface area (Å²) >= 11 is 0. The number of esters is 1. The Bertz CT molecular complexity index is 774. The molecule has 1 heterocycles. The van der Waals surface area contributed by atoms with E-state index in [9.17, 15) is 23.1 Å². The molecule has 3 atom stereocenters. The number of carbonyl (C=O) groups excluding carboxylic acids is 1. The summed E-state index contributed by atoms with van der Waals surface area (Å²) in [7, 11) is 0. The number of hydrogen-bond acceptors (Lipinski definition) is 5. The van der Waals surface area contributed by atoms with Gasteiger partial charge in [0, 0.05) is 17.9 Å². The highest BCUT2D eigenvalue weighted by atomic mass is 19.4. The summed E-state index contributed by atoms with van der Waals surface area (Å²) in [6, 6.07) is 0. The first-order valence-electron chi connectivity index (χ1n) is 9.42. The number of allylic oxidation sites excluding steroid dienone is 1. The van der Waals surface area contributed by atoms with E-state index < -0.39 is 34.5 Å². The monoisotopic (exact) mass is 416 g/mol. The Morgan fingerprint density at radius 3 is 2.34 bits per heavy atom. The van der Waals surface area contributed by atoms with E-state index in [1.807, 2.05) is 19.8 Å². The zero-order valence-electron chi connectivity index (χ0n) is 17.4. The molecular formula is C21H27F3O5. The third-order valence-corrected chi connectivity index (χ3v) is 5.34. The first kappa shape index (κ1) is 23.5. The fraction of sp³-hybridized carbons (Fsp3) is 0.667. The third kappa shape index (κ3) is 4.68. The van der Waals surface area contributed by atoms with E-state index in [1.165, 1.54) is 6.92 Å². The molecule has 8 heteroatoms. The van der Waals surface area contributed by atoms with Crippen molar-refractivity contribution in [1.82, 2.24) is 0 Å². The van der Waals surface area contributed by atoms with Gasteiger partial charge in [-0.3, -0.25) is 0 Å². The molecule has 1 fully saturated rings. The average molecular weight is 416 g/mol. The highest BCUT2D eigenvalue weighted by Crippen LogP contribution is 2.51. The Kier molecular flexibility index (Phi) is 6.30. The molecule has 1 saturated heterocycles. The minimum atomic E-state index is -4.86. The average Bonchev–Trinajstić information content (AvgIpc) is 2.81. The second-order valence-corrected chi connectivity index (χ2v) is 8.11. The van der Waals surface area contributed by atoms with Crippen LogP contribution in [0.1, 0.15) is 48.0 Å². The smallest absolute Gasteiger partial charge is 0.424 e. The maximum atomic E-state index is 13.3. The lowest BCUT2D eigenvalue weighted by atomic mass is 9.63. The van der Waals surface area contributed by atoms with E-state index in [4.69, 9.17) is 9.47 Å². The first-order valence-corrected chi connectivity index (χ1v) is 9.42. The van der Waals surface area contributed by atoms with Gasteiger partial charge in [0.1, 0.15) is 5.57 Å². The number of hydrogen-bond donors (Lipinski definition) is 1. The highest BCUT2D eigenvalue weighted by Gasteiger charge is 2.57. The van der Waals surface area contributed by atoms with Crippen LogP contribution >= 0.6 is 0 Å². The summed E-state index contributed by atoms with van der Waals surface area (Å²) in [5.74, 6) is 2.10. The number of ether oxygens (including phenoxy) is 3. The quantitative estimate of drug-likeness (QED) is 0.322. The van der Waals surface area contributed by atoms with Gasteiger partial charge in [0.2, 0.25) is 0 Å². The fourth-order valence-corrected chi connectivity index (χ4v) is 3.68. The maximum Gasteiger partial charge on any atom is 0.424 e. The van der Waals surface area contributed by atoms with Crippen LogP contribution in [0, 0.1) is 17.3 Å². The minimum absolute atomic E-state index is 0.0638. The van der Waals surface area contributed by atoms with Gasteiger partial charge in [-0.2, -0.15) is 13.2 Å². The van der Waals surface area contributed by atoms with E-state index in [1.54, 1.807) is 26.8 Å². The van der Waals surface area contributed by atoms with Gasteiger partial charge in [-0.25, -0.2) is 4.79 Å². The van der Waals surface area contributed by atoms with Crippen LogP contribution in [0.2, 0.25) is 0 Å². The molecule has 0 radical (unpaired) electrons. The van der Waals surface area contributed by atoms with Gasteiger partial charge in [-0.05, 0) is 39.3 Å². The Hall–Kier alpha value is -1.82. The number of rotatable bonds is 2. The molecule has 2 aliphatic rings. The second kappa shape index (κ2) is 7.78. The molecule has 162 valence electrons. The van der Waals surface area contributed by atoms with Crippen LogP contribution in [0.15, 0.2) is 23.3 Å². The Labute approximate surface area is 168 Å². The van der Waals surface area contributed by atoms with Gasteiger partial charge in [0.25, 0.3) is 0 Å². The standard InChI is InChI=1S/C21H27F3O5/c1-7-27-17(25)10-16(21(22,23)24)8-9-20(26)13(2)11-19(12-18(20,5)6)28-14(3)15(4)29-19/h10-11,14-15,26H,7,12H2,1-6H3. The number of alkyl halides is 3. The molecule has 0 saturated carbocycles. The zero-order valence-corrected chi connectivity index (χ0v) is 17.4. The van der Waals surface area contributed by atoms with Crippen LogP contribution in [0.5, 0.6) is 0 Å². The van der Waals surface area contributed by atoms with E-state index in [-0.39, 0.29) is 25.2 Å². The number of halogens is 3. The molecule has 0 amide bonds. The number of carbonyl (C=O) groups is 1. The summed E-state index contributed by atoms with van der Waals surface area (Å²) in [6.45, 7) is 10.1. The van der Waals surface area contributed by atoms with Gasteiger partial charge in [0.15, 0.2) is 11.4 Å². The molecular weight excluding hydrogens is 389 g/mol. The van der Waals surface area contributed by atoms with Crippen LogP contribution in [0.3, 0.4) is 0 Å². The Morgan fingerprint density at radius 2 is 1.90 bits per heavy atom. The van der Waals surface area contributed by atoms with E-state index >= 15 is 0 Å². The van der Waals surface area contributed by atoms with E-state index in [2.05, 4.69) is 10.7 Å². The first-order chi connectivity index (χ1) is 13.2. The van der Waals surface area contributed by atoms with Crippen molar-refractivity contribution in [3.63, 3.8) is 0 Å². The van der Waals surface area contributed by atoms with Crippen LogP contribution in [-0.4, -0.2) is 47.5 Å². The number of aliphatic hydroxyl groups is 1. The molecule has 1 aliphatic heterocycles. The summed E-state index contributed by atoms with van der Waals surface area (Å²) in [5, 5.41) is 11.2. The maximum absolute atomic E-state index is 13.3. The second-order valence-electron chi connectivity index (χ2n) is 8.11. The molecule has 5 nitrogen and oxygen atoms in total. The van der Waals surface area contributed by atoms with Gasteiger partial charge in [0.05, 0.1) is 18.8 Å². The lowest BCUT2D eigenvalue weighted by molar-refractivity contribution is -0.182. The van der Waals surface area contributed by atoms with Crippen molar-refractivity contribution in [2.24, 2.45) is 5.41 Å². The summed E-state index contributed by atoms with van der Waals surface area (Å²) in [4.78, 5) is 11.5. The summed E-state index contributed by atoms with van der Waals surface area (Å²) < 4.78 is 56.3. The predicted octanol–water partition coefficient (Wildman–Crippen LogP) is 3.67. The zero-order chi connectivity index (χ0) is 22.3. The van der Waals surface area contributed by atoms with Crippen LogP contribution < -0.4 is 0 Å². The van der Waals surface area contributed by atoms with Gasteiger partial charge < -0.3 is 19.3 Å². The molecule has 0 aromatic heterocycles. The molecule has 0 aromatic carbocycles. The van der Waals surface area contributed by atoms with Gasteiger partial charge in [-0.15, -0.1) is 0 Å². The molecule has 3 unspecified atom stereocenters. The van der Waals surface area contributed by atoms with Crippen molar-refractivity contribution in [1.29, 1.82) is 0 Å². The molecule has 29 heavy (non-hydrogen) atoms. The van der Waals surface area contributed by atoms with Gasteiger partial charge in [-0.1, -0.05) is 25.7 Å². The van der Waals surface area contributed by atoms with Crippen molar-refractivity contribution < 1.29 is 37.3 Å². The van der Waals surface area contributed by atoms with Crippen LogP contribution in [-0.2, 0) is 19.0 Å². The largest absolute Gasteiger partial charge is 0.463 e. The molecule has 0 aromatic rings. The van der Waals surface area contributed by atoms with Crippen molar-refractivity contribution in [3.05, 3.63) is 23.3 Å². The van der Waals surface area contributed by atoms with Crippen LogP contribution in [0.25, 0.3) is 0 Å². The molecule has 2 rings (SSSR count). The van der Waals surface area contributed by atoms with Crippen molar-refractivity contribution >= 4 is 5.97 Å². The summed E-state index contributed by atoms with van der Waals surface area (Å²) in [6.07, 6.45) is -3.14. The van der Waals surface area contributed by atoms with Crippen molar-refractivity contribution in [3.8, 4) is 11.8 Å². The molecule has 1 spiro atoms. The predicted molar refractivity (Wildman–Crippen MR) is 99.5 cm³/mol. The van der Waals surface area contributed by atoms with E-state index in [0.717, 1.165) is 0 Å². The minimum Gasteiger partial charge on any atom is -0.463 e. The third-order valence-electron chi connectivity index (χ3n) is 5.34. The molecule has 1 aliphatic carbocycles. The fourth-order valence-electron chi connectivity index (χ4n) is 3.68. The van der Waals surface area contributed by atoms with Crippen LogP contribution in [0.4, 0.5) is 13.2 Å². The van der Waals surface area contributed by atoms with Gasteiger partial charge >= 0.3 is 12.1 Å². The molecule has 1 N–H and O–H groups in total. The topological polar surface area (TPSA) is 65.0 Å². The van der Waals surface area contributed by atoms with E-state index in [0.29, 0.717) is 11.6 Å². The Balaban J connectivity index is 2.47. The van der Waals surface area contributed by atoms with Crippen molar-refractivity contribution in [2.45, 2.75) is 77.7 Å². The highest BCUT2D eigenvalue weighted by molar-refractivity contribution is 5.84. The SMILES string of the molecule is CCOC(=O)C=C(C#CC1(O)C(C)=CC2(CC1(C)C)OC(C)C(C)O2)C(F)(F)F. The molecule has 0 bridgehead atoms. The lowest BCUT2D eigenvalue weighted by Crippen LogP contribution is -2.53. The lowest BCUT2D eigenvalue weighted by Gasteiger charge is -2.48. The normalized spacial score (nSPS) is 34.4. The Morgan fingerprint density at radius 1 is 1.34 bits per heavy atom. The van der Waals surface area contributed by atoms with Crippen molar-refractivity contribution in [2.75, 3.05) is 6.61 Å².